The summed E-state index contributed by atoms with van der Waals surface area (Å²) < 4.78 is 45.9. The Morgan fingerprint density at radius 1 is 1.17 bits per heavy atom. The Kier molecular flexibility index (Phi) is 6.21. The van der Waals surface area contributed by atoms with Crippen molar-refractivity contribution in [1.82, 2.24) is 4.72 Å². The van der Waals surface area contributed by atoms with Gasteiger partial charge in [-0.15, -0.1) is 0 Å². The molecule has 0 amide bonds. The number of hydrogen-bond acceptors (Lipinski definition) is 3. The highest BCUT2D eigenvalue weighted by Gasteiger charge is 2.17. The van der Waals surface area contributed by atoms with Crippen LogP contribution in [-0.2, 0) is 22.3 Å². The minimum absolute atomic E-state index is 0.0349. The molecule has 0 aliphatic rings. The van der Waals surface area contributed by atoms with Crippen molar-refractivity contribution in [1.29, 1.82) is 0 Å². The van der Waals surface area contributed by atoms with Crippen LogP contribution in [0.15, 0.2) is 42.5 Å². The zero-order chi connectivity index (χ0) is 17.7. The molecule has 2 aromatic carbocycles. The molecule has 0 saturated carbocycles. The van der Waals surface area contributed by atoms with E-state index in [0.717, 1.165) is 11.3 Å². The van der Waals surface area contributed by atoms with Crippen LogP contribution >= 0.6 is 11.6 Å². The van der Waals surface area contributed by atoms with Gasteiger partial charge in [0, 0.05) is 17.1 Å². The molecular weight excluding hydrogens is 353 g/mol. The zero-order valence-electron chi connectivity index (χ0n) is 13.4. The van der Waals surface area contributed by atoms with Gasteiger partial charge in [-0.3, -0.25) is 0 Å². The highest BCUT2D eigenvalue weighted by Crippen LogP contribution is 2.21. The van der Waals surface area contributed by atoms with Crippen molar-refractivity contribution in [3.8, 4) is 5.75 Å². The van der Waals surface area contributed by atoms with Gasteiger partial charge in [-0.25, -0.2) is 17.5 Å². The van der Waals surface area contributed by atoms with Gasteiger partial charge in [-0.05, 0) is 43.7 Å². The van der Waals surface area contributed by atoms with Crippen molar-refractivity contribution in [2.24, 2.45) is 0 Å². The van der Waals surface area contributed by atoms with Crippen molar-refractivity contribution in [2.45, 2.75) is 32.2 Å². The highest BCUT2D eigenvalue weighted by atomic mass is 35.5. The maximum atomic E-state index is 13.7. The smallest absolute Gasteiger partial charge is 0.216 e. The van der Waals surface area contributed by atoms with Crippen molar-refractivity contribution >= 4 is 21.6 Å². The first-order valence-electron chi connectivity index (χ1n) is 7.42. The Morgan fingerprint density at radius 3 is 2.42 bits per heavy atom. The van der Waals surface area contributed by atoms with Crippen molar-refractivity contribution in [2.75, 3.05) is 0 Å². The lowest BCUT2D eigenvalue weighted by molar-refractivity contribution is 0.242. The minimum Gasteiger partial charge on any atom is -0.491 e. The minimum atomic E-state index is -3.71. The molecule has 1 N–H and O–H groups in total. The van der Waals surface area contributed by atoms with Gasteiger partial charge < -0.3 is 4.74 Å². The molecule has 0 bridgehead atoms. The summed E-state index contributed by atoms with van der Waals surface area (Å²) in [6.07, 6.45) is 0.0693. The summed E-state index contributed by atoms with van der Waals surface area (Å²) in [5.41, 5.74) is 0.738. The van der Waals surface area contributed by atoms with E-state index in [1.807, 2.05) is 13.8 Å². The largest absolute Gasteiger partial charge is 0.491 e. The van der Waals surface area contributed by atoms with E-state index in [-0.39, 0.29) is 23.2 Å². The summed E-state index contributed by atoms with van der Waals surface area (Å²) in [6, 6.07) is 11.2. The second kappa shape index (κ2) is 7.96. The third kappa shape index (κ3) is 5.47. The van der Waals surface area contributed by atoms with Gasteiger partial charge in [-0.2, -0.15) is 0 Å². The van der Waals surface area contributed by atoms with Gasteiger partial charge in [0.1, 0.15) is 11.6 Å². The Labute approximate surface area is 146 Å². The average molecular weight is 372 g/mol. The van der Waals surface area contributed by atoms with Crippen LogP contribution in [0, 0.1) is 5.82 Å². The summed E-state index contributed by atoms with van der Waals surface area (Å²) >= 11 is 5.87. The SMILES string of the molecule is CC(C)Oc1ccc(CNS(=O)(=O)Cc2c(F)cccc2Cl)cc1. The standard InChI is InChI=1S/C17H19ClFNO3S/c1-12(2)23-14-8-6-13(7-9-14)10-20-24(21,22)11-15-16(18)4-3-5-17(15)19/h3-9,12,20H,10-11H2,1-2H3. The van der Waals surface area contributed by atoms with E-state index >= 15 is 0 Å². The Morgan fingerprint density at radius 2 is 1.83 bits per heavy atom. The maximum absolute atomic E-state index is 13.7. The summed E-state index contributed by atoms with van der Waals surface area (Å²) in [6.45, 7) is 3.96. The van der Waals surface area contributed by atoms with E-state index in [1.54, 1.807) is 24.3 Å². The third-order valence-corrected chi connectivity index (χ3v) is 4.79. The van der Waals surface area contributed by atoms with E-state index in [1.165, 1.54) is 18.2 Å². The molecule has 0 aromatic heterocycles. The van der Waals surface area contributed by atoms with Crippen LogP contribution in [0.2, 0.25) is 5.02 Å². The third-order valence-electron chi connectivity index (χ3n) is 3.19. The number of hydrogen-bond donors (Lipinski definition) is 1. The van der Waals surface area contributed by atoms with Gasteiger partial charge in [0.2, 0.25) is 10.0 Å². The molecule has 0 fully saturated rings. The normalized spacial score (nSPS) is 11.7. The van der Waals surface area contributed by atoms with Gasteiger partial charge in [0.25, 0.3) is 0 Å². The molecule has 0 unspecified atom stereocenters. The lowest BCUT2D eigenvalue weighted by Crippen LogP contribution is -2.25. The van der Waals surface area contributed by atoms with Crippen LogP contribution < -0.4 is 9.46 Å². The lowest BCUT2D eigenvalue weighted by Gasteiger charge is -2.11. The first kappa shape index (κ1) is 18.7. The van der Waals surface area contributed by atoms with Crippen molar-refractivity contribution in [3.63, 3.8) is 0 Å². The second-order valence-electron chi connectivity index (χ2n) is 5.59. The van der Waals surface area contributed by atoms with Crippen molar-refractivity contribution < 1.29 is 17.5 Å². The maximum Gasteiger partial charge on any atom is 0.216 e. The number of nitrogens with one attached hydrogen (secondary N) is 1. The molecule has 0 radical (unpaired) electrons. The van der Waals surface area contributed by atoms with Crippen molar-refractivity contribution in [3.05, 3.63) is 64.4 Å². The first-order valence-corrected chi connectivity index (χ1v) is 9.45. The fraction of sp³-hybridized carbons (Fsp3) is 0.294. The van der Waals surface area contributed by atoms with E-state index < -0.39 is 21.6 Å². The second-order valence-corrected chi connectivity index (χ2v) is 7.81. The topological polar surface area (TPSA) is 55.4 Å². The van der Waals surface area contributed by atoms with Crippen LogP contribution in [0.1, 0.15) is 25.0 Å². The van der Waals surface area contributed by atoms with Crippen LogP contribution in [0.3, 0.4) is 0 Å². The predicted molar refractivity (Wildman–Crippen MR) is 93.1 cm³/mol. The lowest BCUT2D eigenvalue weighted by atomic mass is 10.2. The van der Waals surface area contributed by atoms with Crippen LogP contribution in [0.5, 0.6) is 5.75 Å². The fourth-order valence-corrected chi connectivity index (χ4v) is 3.53. The van der Waals surface area contributed by atoms with E-state index in [2.05, 4.69) is 4.72 Å². The molecule has 2 aromatic rings. The molecule has 0 saturated heterocycles. The Bertz CT molecular complexity index is 772. The summed E-state index contributed by atoms with van der Waals surface area (Å²) in [7, 11) is -3.71. The fourth-order valence-electron chi connectivity index (χ4n) is 2.06. The van der Waals surface area contributed by atoms with Crippen LogP contribution in [0.4, 0.5) is 4.39 Å². The van der Waals surface area contributed by atoms with Gasteiger partial charge >= 0.3 is 0 Å². The Hall–Kier alpha value is -1.63. The average Bonchev–Trinajstić information content (AvgIpc) is 2.50. The monoisotopic (exact) mass is 371 g/mol. The first-order chi connectivity index (χ1) is 11.3. The van der Waals surface area contributed by atoms with E-state index in [4.69, 9.17) is 16.3 Å². The molecule has 0 aliphatic heterocycles. The summed E-state index contributed by atoms with van der Waals surface area (Å²) in [5.74, 6) is -0.426. The molecule has 0 heterocycles. The summed E-state index contributed by atoms with van der Waals surface area (Å²) in [5, 5.41) is 0.0931. The zero-order valence-corrected chi connectivity index (χ0v) is 15.0. The van der Waals surface area contributed by atoms with E-state index in [0.29, 0.717) is 0 Å². The Balaban J connectivity index is 2.00. The number of halogens is 2. The molecule has 0 spiro atoms. The van der Waals surface area contributed by atoms with Gasteiger partial charge in [-0.1, -0.05) is 29.8 Å². The summed E-state index contributed by atoms with van der Waals surface area (Å²) in [4.78, 5) is 0. The number of benzene rings is 2. The molecule has 7 heteroatoms. The van der Waals surface area contributed by atoms with Gasteiger partial charge in [0.15, 0.2) is 0 Å². The molecule has 130 valence electrons. The number of ether oxygens (including phenoxy) is 1. The molecule has 0 atom stereocenters. The molecule has 2 rings (SSSR count). The van der Waals surface area contributed by atoms with Crippen LogP contribution in [0.25, 0.3) is 0 Å². The molecule has 4 nitrogen and oxygen atoms in total. The van der Waals surface area contributed by atoms with Crippen LogP contribution in [-0.4, -0.2) is 14.5 Å². The predicted octanol–water partition coefficient (Wildman–Crippen LogP) is 3.89. The number of sulfonamides is 1. The molecular formula is C17H19ClFNO3S. The molecule has 0 aliphatic carbocycles. The van der Waals surface area contributed by atoms with E-state index in [9.17, 15) is 12.8 Å². The molecule has 24 heavy (non-hydrogen) atoms. The van der Waals surface area contributed by atoms with Gasteiger partial charge in [0.05, 0.1) is 11.9 Å². The highest BCUT2D eigenvalue weighted by molar-refractivity contribution is 7.88. The quantitative estimate of drug-likeness (QED) is 0.803. The number of rotatable bonds is 7.